The summed E-state index contributed by atoms with van der Waals surface area (Å²) in [5.41, 5.74) is 8.47. The summed E-state index contributed by atoms with van der Waals surface area (Å²) in [6, 6.07) is 0.0487. The summed E-state index contributed by atoms with van der Waals surface area (Å²) in [5.74, 6) is -0.494. The van der Waals surface area contributed by atoms with Crippen LogP contribution in [0.2, 0.25) is 25.7 Å². The van der Waals surface area contributed by atoms with E-state index in [-0.39, 0.29) is 5.92 Å². The Balaban J connectivity index is 4.33. The van der Waals surface area contributed by atoms with Crippen LogP contribution in [0.1, 0.15) is 19.8 Å². The van der Waals surface area contributed by atoms with Gasteiger partial charge in [-0.2, -0.15) is 0 Å². The molecule has 0 bridgehead atoms. The van der Waals surface area contributed by atoms with Gasteiger partial charge in [-0.1, -0.05) is 31.7 Å². The molecular weight excluding hydrogens is 262 g/mol. The molecule has 6 nitrogen and oxygen atoms in total. The molecule has 7 heteroatoms. The van der Waals surface area contributed by atoms with Gasteiger partial charge < -0.3 is 9.53 Å². The molecule has 0 aromatic rings. The molecular formula is C12H23N3O3Si. The fourth-order valence-electron chi connectivity index (χ4n) is 1.45. The summed E-state index contributed by atoms with van der Waals surface area (Å²) in [5, 5.41) is 3.46. The van der Waals surface area contributed by atoms with E-state index in [1.165, 1.54) is 0 Å². The van der Waals surface area contributed by atoms with Crippen LogP contribution in [0.25, 0.3) is 10.4 Å². The van der Waals surface area contributed by atoms with Crippen LogP contribution in [0.5, 0.6) is 0 Å². The molecule has 108 valence electrons. The lowest BCUT2D eigenvalue weighted by Crippen LogP contribution is -2.27. The highest BCUT2D eigenvalue weighted by Gasteiger charge is 2.22. The quantitative estimate of drug-likeness (QED) is 0.163. The van der Waals surface area contributed by atoms with Crippen molar-refractivity contribution in [1.29, 1.82) is 0 Å². The zero-order valence-corrected chi connectivity index (χ0v) is 13.1. The Morgan fingerprint density at radius 3 is 2.58 bits per heavy atom. The number of ether oxygens (including phenoxy) is 1. The monoisotopic (exact) mass is 285 g/mol. The van der Waals surface area contributed by atoms with Gasteiger partial charge in [0.2, 0.25) is 0 Å². The van der Waals surface area contributed by atoms with Gasteiger partial charge in [-0.25, -0.2) is 0 Å². The standard InChI is InChI=1S/C12H23N3O3Si/c1-10(5-6-16)9-11(14-15-13)12(17)18-7-8-19(2,3)4/h6,10-11H,5,7-9H2,1-4H3. The number of esters is 1. The first kappa shape index (κ1) is 17.7. The van der Waals surface area contributed by atoms with Gasteiger partial charge in [-0.05, 0) is 23.9 Å². The molecule has 0 N–H and O–H groups in total. The van der Waals surface area contributed by atoms with Gasteiger partial charge in [-0.3, -0.25) is 4.79 Å². The van der Waals surface area contributed by atoms with Crippen LogP contribution >= 0.6 is 0 Å². The van der Waals surface area contributed by atoms with E-state index in [2.05, 4.69) is 29.7 Å². The maximum Gasteiger partial charge on any atom is 0.314 e. The highest BCUT2D eigenvalue weighted by Crippen LogP contribution is 2.14. The summed E-state index contributed by atoms with van der Waals surface area (Å²) >= 11 is 0. The Labute approximate surface area is 115 Å². The smallest absolute Gasteiger partial charge is 0.314 e. The largest absolute Gasteiger partial charge is 0.466 e. The molecule has 0 aliphatic heterocycles. The van der Waals surface area contributed by atoms with E-state index in [9.17, 15) is 9.59 Å². The van der Waals surface area contributed by atoms with Crippen LogP contribution in [-0.4, -0.2) is 33.0 Å². The molecule has 0 saturated carbocycles. The molecule has 0 amide bonds. The van der Waals surface area contributed by atoms with Crippen molar-refractivity contribution >= 4 is 20.3 Å². The molecule has 19 heavy (non-hydrogen) atoms. The normalized spacial score (nSPS) is 14.1. The number of nitrogens with zero attached hydrogens (tertiary/aromatic N) is 3. The minimum atomic E-state index is -1.25. The van der Waals surface area contributed by atoms with Crippen molar-refractivity contribution in [3.8, 4) is 0 Å². The topological polar surface area (TPSA) is 92.1 Å². The van der Waals surface area contributed by atoms with E-state index in [1.54, 1.807) is 0 Å². The van der Waals surface area contributed by atoms with Crippen molar-refractivity contribution in [3.05, 3.63) is 10.4 Å². The van der Waals surface area contributed by atoms with Crippen LogP contribution in [0.4, 0.5) is 0 Å². The lowest BCUT2D eigenvalue weighted by Gasteiger charge is -2.18. The summed E-state index contributed by atoms with van der Waals surface area (Å²) in [6.07, 6.45) is 1.49. The van der Waals surface area contributed by atoms with Gasteiger partial charge in [-0.15, -0.1) is 0 Å². The van der Waals surface area contributed by atoms with Crippen LogP contribution in [0.15, 0.2) is 5.11 Å². The van der Waals surface area contributed by atoms with E-state index >= 15 is 0 Å². The molecule has 0 heterocycles. The number of hydrogen-bond donors (Lipinski definition) is 0. The van der Waals surface area contributed by atoms with Crippen molar-refractivity contribution < 1.29 is 14.3 Å². The Hall–Kier alpha value is -1.33. The predicted octanol–water partition coefficient (Wildman–Crippen LogP) is 3.16. The lowest BCUT2D eigenvalue weighted by atomic mass is 10.00. The average molecular weight is 285 g/mol. The predicted molar refractivity (Wildman–Crippen MR) is 76.5 cm³/mol. The molecule has 0 aliphatic rings. The number of hydrogen-bond acceptors (Lipinski definition) is 4. The van der Waals surface area contributed by atoms with Gasteiger partial charge in [0.1, 0.15) is 12.3 Å². The van der Waals surface area contributed by atoms with E-state index in [1.807, 2.05) is 6.92 Å². The maximum atomic E-state index is 11.8. The van der Waals surface area contributed by atoms with Gasteiger partial charge in [0.25, 0.3) is 0 Å². The zero-order chi connectivity index (χ0) is 14.9. The molecule has 0 aliphatic carbocycles. The molecule has 0 aromatic heterocycles. The Bertz CT molecular complexity index is 349. The molecule has 0 fully saturated rings. The van der Waals surface area contributed by atoms with Crippen molar-refractivity contribution in [3.63, 3.8) is 0 Å². The van der Waals surface area contributed by atoms with Crippen molar-refractivity contribution in [1.82, 2.24) is 0 Å². The third kappa shape index (κ3) is 9.27. The van der Waals surface area contributed by atoms with E-state index in [0.29, 0.717) is 19.4 Å². The third-order valence-corrected chi connectivity index (χ3v) is 4.39. The number of carbonyl (C=O) groups is 2. The SMILES string of the molecule is CC(CC=O)CC(N=[N+]=[N-])C(=O)OCC[Si](C)(C)C. The second-order valence-electron chi connectivity index (χ2n) is 5.94. The molecule has 2 unspecified atom stereocenters. The second kappa shape index (κ2) is 8.71. The highest BCUT2D eigenvalue weighted by atomic mass is 28.3. The summed E-state index contributed by atoms with van der Waals surface area (Å²) in [4.78, 5) is 24.9. The first-order chi connectivity index (χ1) is 8.80. The van der Waals surface area contributed by atoms with Gasteiger partial charge >= 0.3 is 5.97 Å². The number of rotatable bonds is 9. The first-order valence-electron chi connectivity index (χ1n) is 6.44. The summed E-state index contributed by atoms with van der Waals surface area (Å²) in [6.45, 7) is 8.78. The molecule has 0 radical (unpaired) electrons. The van der Waals surface area contributed by atoms with Crippen molar-refractivity contribution in [2.45, 2.75) is 51.5 Å². The molecule has 0 aromatic carbocycles. The van der Waals surface area contributed by atoms with E-state index in [4.69, 9.17) is 10.3 Å². The fraction of sp³-hybridized carbons (Fsp3) is 0.833. The molecule has 2 atom stereocenters. The van der Waals surface area contributed by atoms with E-state index < -0.39 is 20.1 Å². The van der Waals surface area contributed by atoms with Crippen LogP contribution < -0.4 is 0 Å². The van der Waals surface area contributed by atoms with Crippen LogP contribution in [0.3, 0.4) is 0 Å². The Morgan fingerprint density at radius 2 is 2.11 bits per heavy atom. The summed E-state index contributed by atoms with van der Waals surface area (Å²) in [7, 11) is -1.25. The molecule has 0 saturated heterocycles. The van der Waals surface area contributed by atoms with Gasteiger partial charge in [0.15, 0.2) is 0 Å². The number of aldehydes is 1. The maximum absolute atomic E-state index is 11.8. The molecule has 0 rings (SSSR count). The second-order valence-corrected chi connectivity index (χ2v) is 11.6. The fourth-order valence-corrected chi connectivity index (χ4v) is 2.16. The number of azide groups is 1. The van der Waals surface area contributed by atoms with Gasteiger partial charge in [0.05, 0.1) is 6.61 Å². The Morgan fingerprint density at radius 1 is 1.47 bits per heavy atom. The first-order valence-corrected chi connectivity index (χ1v) is 10.2. The highest BCUT2D eigenvalue weighted by molar-refractivity contribution is 6.76. The van der Waals surface area contributed by atoms with Gasteiger partial charge in [0, 0.05) is 19.4 Å². The number of carbonyl (C=O) groups excluding carboxylic acids is 2. The van der Waals surface area contributed by atoms with Crippen molar-refractivity contribution in [2.24, 2.45) is 11.0 Å². The summed E-state index contributed by atoms with van der Waals surface area (Å²) < 4.78 is 5.15. The third-order valence-electron chi connectivity index (χ3n) is 2.68. The minimum absolute atomic E-state index is 0.00228. The minimum Gasteiger partial charge on any atom is -0.466 e. The Kier molecular flexibility index (Phi) is 8.10. The van der Waals surface area contributed by atoms with E-state index in [0.717, 1.165) is 12.3 Å². The van der Waals surface area contributed by atoms with Crippen LogP contribution in [0, 0.1) is 5.92 Å². The molecule has 0 spiro atoms. The van der Waals surface area contributed by atoms with Crippen molar-refractivity contribution in [2.75, 3.05) is 6.61 Å². The zero-order valence-electron chi connectivity index (χ0n) is 12.1. The van der Waals surface area contributed by atoms with Crippen LogP contribution in [-0.2, 0) is 14.3 Å². The average Bonchev–Trinajstić information content (AvgIpc) is 2.27. The lowest BCUT2D eigenvalue weighted by molar-refractivity contribution is -0.145.